The molecule has 1 saturated heterocycles. The minimum Gasteiger partial charge on any atom is -0.462 e. The van der Waals surface area contributed by atoms with Crippen LogP contribution < -0.4 is 4.90 Å². The standard InChI is InChI=1S/C20H23NO2/c1-2-23-20(22)18-12-11-17(21-13-7-4-8-14-21)15-19(18)16-9-5-3-6-10-16/h3,5-6,9-12,15H,2,4,7-8,13-14H2,1H3. The summed E-state index contributed by atoms with van der Waals surface area (Å²) in [5.41, 5.74) is 3.83. The Morgan fingerprint density at radius 3 is 2.48 bits per heavy atom. The molecule has 0 spiro atoms. The molecule has 0 radical (unpaired) electrons. The lowest BCUT2D eigenvalue weighted by molar-refractivity contribution is 0.0527. The quantitative estimate of drug-likeness (QED) is 0.778. The Bertz CT molecular complexity index is 661. The number of hydrogen-bond acceptors (Lipinski definition) is 3. The molecule has 1 fully saturated rings. The van der Waals surface area contributed by atoms with Crippen LogP contribution in [0.1, 0.15) is 36.5 Å². The van der Waals surface area contributed by atoms with Gasteiger partial charge in [0.2, 0.25) is 0 Å². The number of nitrogens with zero attached hydrogens (tertiary/aromatic N) is 1. The lowest BCUT2D eigenvalue weighted by Gasteiger charge is -2.29. The van der Waals surface area contributed by atoms with Crippen molar-refractivity contribution in [3.8, 4) is 11.1 Å². The van der Waals surface area contributed by atoms with Gasteiger partial charge in [-0.1, -0.05) is 30.3 Å². The van der Waals surface area contributed by atoms with Crippen LogP contribution in [-0.2, 0) is 4.74 Å². The van der Waals surface area contributed by atoms with Gasteiger partial charge in [-0.15, -0.1) is 0 Å². The second-order valence-electron chi connectivity index (χ2n) is 5.86. The van der Waals surface area contributed by atoms with Crippen LogP contribution in [0.4, 0.5) is 5.69 Å². The minimum absolute atomic E-state index is 0.253. The highest BCUT2D eigenvalue weighted by Crippen LogP contribution is 2.30. The van der Waals surface area contributed by atoms with E-state index in [-0.39, 0.29) is 5.97 Å². The summed E-state index contributed by atoms with van der Waals surface area (Å²) in [6, 6.07) is 16.1. The van der Waals surface area contributed by atoms with Crippen LogP contribution >= 0.6 is 0 Å². The topological polar surface area (TPSA) is 29.5 Å². The smallest absolute Gasteiger partial charge is 0.338 e. The largest absolute Gasteiger partial charge is 0.462 e. The highest BCUT2D eigenvalue weighted by atomic mass is 16.5. The molecule has 0 aliphatic carbocycles. The first kappa shape index (κ1) is 15.6. The van der Waals surface area contributed by atoms with Gasteiger partial charge in [0.1, 0.15) is 0 Å². The summed E-state index contributed by atoms with van der Waals surface area (Å²) in [5.74, 6) is -0.253. The normalized spacial score (nSPS) is 14.6. The Morgan fingerprint density at radius 1 is 1.04 bits per heavy atom. The number of esters is 1. The second kappa shape index (κ2) is 7.32. The van der Waals surface area contributed by atoms with Crippen molar-refractivity contribution in [3.05, 3.63) is 54.1 Å². The number of benzene rings is 2. The predicted molar refractivity (Wildman–Crippen MR) is 93.9 cm³/mol. The van der Waals surface area contributed by atoms with E-state index >= 15 is 0 Å². The van der Waals surface area contributed by atoms with Gasteiger partial charge in [-0.05, 0) is 55.5 Å². The molecule has 0 amide bonds. The third kappa shape index (κ3) is 3.55. The van der Waals surface area contributed by atoms with E-state index in [2.05, 4.69) is 11.0 Å². The minimum atomic E-state index is -0.253. The van der Waals surface area contributed by atoms with Gasteiger partial charge >= 0.3 is 5.97 Å². The first-order valence-electron chi connectivity index (χ1n) is 8.41. The van der Waals surface area contributed by atoms with Gasteiger partial charge in [0.15, 0.2) is 0 Å². The van der Waals surface area contributed by atoms with Crippen LogP contribution in [0.2, 0.25) is 0 Å². The molecule has 1 aliphatic heterocycles. The molecule has 0 bridgehead atoms. The predicted octanol–water partition coefficient (Wildman–Crippen LogP) is 4.52. The summed E-state index contributed by atoms with van der Waals surface area (Å²) in [6.07, 6.45) is 3.78. The SMILES string of the molecule is CCOC(=O)c1ccc(N2CCCCC2)cc1-c1ccccc1. The molecule has 1 heterocycles. The van der Waals surface area contributed by atoms with Crippen LogP contribution in [0.5, 0.6) is 0 Å². The monoisotopic (exact) mass is 309 g/mol. The van der Waals surface area contributed by atoms with Crippen LogP contribution in [0.25, 0.3) is 11.1 Å². The molecule has 23 heavy (non-hydrogen) atoms. The van der Waals surface area contributed by atoms with E-state index in [1.54, 1.807) is 0 Å². The number of carbonyl (C=O) groups is 1. The highest BCUT2D eigenvalue weighted by molar-refractivity contribution is 5.98. The average molecular weight is 309 g/mol. The summed E-state index contributed by atoms with van der Waals surface area (Å²) in [7, 11) is 0. The number of rotatable bonds is 4. The van der Waals surface area contributed by atoms with Crippen LogP contribution in [-0.4, -0.2) is 25.7 Å². The third-order valence-corrected chi connectivity index (χ3v) is 4.30. The molecule has 0 saturated carbocycles. The van der Waals surface area contributed by atoms with E-state index in [1.165, 1.54) is 24.9 Å². The van der Waals surface area contributed by atoms with Gasteiger partial charge in [0.05, 0.1) is 12.2 Å². The average Bonchev–Trinajstić information content (AvgIpc) is 2.63. The molecule has 120 valence electrons. The van der Waals surface area contributed by atoms with E-state index in [0.717, 1.165) is 24.2 Å². The molecule has 2 aromatic rings. The number of hydrogen-bond donors (Lipinski definition) is 0. The van der Waals surface area contributed by atoms with Gasteiger partial charge < -0.3 is 9.64 Å². The molecule has 3 rings (SSSR count). The molecule has 1 aliphatic rings. The summed E-state index contributed by atoms with van der Waals surface area (Å²) in [6.45, 7) is 4.41. The molecule has 3 nitrogen and oxygen atoms in total. The molecular weight excluding hydrogens is 286 g/mol. The molecule has 3 heteroatoms. The summed E-state index contributed by atoms with van der Waals surface area (Å²) < 4.78 is 5.22. The lowest BCUT2D eigenvalue weighted by Crippen LogP contribution is -2.29. The number of piperidine rings is 1. The van der Waals surface area contributed by atoms with Gasteiger partial charge in [-0.2, -0.15) is 0 Å². The lowest BCUT2D eigenvalue weighted by atomic mass is 9.98. The van der Waals surface area contributed by atoms with Crippen molar-refractivity contribution in [2.45, 2.75) is 26.2 Å². The number of ether oxygens (including phenoxy) is 1. The van der Waals surface area contributed by atoms with E-state index in [4.69, 9.17) is 4.74 Å². The van der Waals surface area contributed by atoms with Crippen molar-refractivity contribution < 1.29 is 9.53 Å². The summed E-state index contributed by atoms with van der Waals surface area (Å²) >= 11 is 0. The van der Waals surface area contributed by atoms with Crippen molar-refractivity contribution in [2.24, 2.45) is 0 Å². The van der Waals surface area contributed by atoms with E-state index in [0.29, 0.717) is 12.2 Å². The van der Waals surface area contributed by atoms with E-state index in [9.17, 15) is 4.79 Å². The zero-order chi connectivity index (χ0) is 16.1. The van der Waals surface area contributed by atoms with Gasteiger partial charge in [-0.25, -0.2) is 4.79 Å². The van der Waals surface area contributed by atoms with Crippen molar-refractivity contribution in [3.63, 3.8) is 0 Å². The molecule has 0 unspecified atom stereocenters. The number of anilines is 1. The Labute approximate surface area is 137 Å². The van der Waals surface area contributed by atoms with Gasteiger partial charge in [0, 0.05) is 18.8 Å². The Hall–Kier alpha value is -2.29. The van der Waals surface area contributed by atoms with Crippen molar-refractivity contribution in [1.82, 2.24) is 0 Å². The first-order chi connectivity index (χ1) is 11.3. The Kier molecular flexibility index (Phi) is 4.96. The van der Waals surface area contributed by atoms with Crippen molar-refractivity contribution >= 4 is 11.7 Å². The first-order valence-corrected chi connectivity index (χ1v) is 8.41. The highest BCUT2D eigenvalue weighted by Gasteiger charge is 2.17. The fourth-order valence-corrected chi connectivity index (χ4v) is 3.12. The van der Waals surface area contributed by atoms with E-state index in [1.807, 2.05) is 49.4 Å². The zero-order valence-corrected chi connectivity index (χ0v) is 13.6. The van der Waals surface area contributed by atoms with Crippen molar-refractivity contribution in [1.29, 1.82) is 0 Å². The maximum absolute atomic E-state index is 12.3. The van der Waals surface area contributed by atoms with Gasteiger partial charge in [0.25, 0.3) is 0 Å². The van der Waals surface area contributed by atoms with Crippen molar-refractivity contribution in [2.75, 3.05) is 24.6 Å². The second-order valence-corrected chi connectivity index (χ2v) is 5.86. The maximum atomic E-state index is 12.3. The molecule has 0 aromatic heterocycles. The maximum Gasteiger partial charge on any atom is 0.338 e. The molecule has 0 N–H and O–H groups in total. The fraction of sp³-hybridized carbons (Fsp3) is 0.350. The fourth-order valence-electron chi connectivity index (χ4n) is 3.12. The molecule has 2 aromatic carbocycles. The van der Waals surface area contributed by atoms with E-state index < -0.39 is 0 Å². The van der Waals surface area contributed by atoms with Gasteiger partial charge in [-0.3, -0.25) is 0 Å². The molecule has 0 atom stereocenters. The molecular formula is C20H23NO2. The van der Waals surface area contributed by atoms with Crippen LogP contribution in [0.3, 0.4) is 0 Å². The summed E-state index contributed by atoms with van der Waals surface area (Å²) in [5, 5.41) is 0. The number of carbonyl (C=O) groups excluding carboxylic acids is 1. The van der Waals surface area contributed by atoms with Crippen LogP contribution in [0, 0.1) is 0 Å². The Morgan fingerprint density at radius 2 is 1.78 bits per heavy atom. The van der Waals surface area contributed by atoms with Crippen LogP contribution in [0.15, 0.2) is 48.5 Å². The zero-order valence-electron chi connectivity index (χ0n) is 13.6. The summed E-state index contributed by atoms with van der Waals surface area (Å²) in [4.78, 5) is 14.7. The third-order valence-electron chi connectivity index (χ3n) is 4.30. The Balaban J connectivity index is 2.01.